The number of hydrogen-bond acceptors (Lipinski definition) is 4. The van der Waals surface area contributed by atoms with Crippen molar-refractivity contribution in [3.8, 4) is 0 Å². The predicted octanol–water partition coefficient (Wildman–Crippen LogP) is 6.08. The van der Waals surface area contributed by atoms with E-state index in [4.69, 9.17) is 0 Å². The van der Waals surface area contributed by atoms with E-state index in [1.165, 1.54) is 5.56 Å². The van der Waals surface area contributed by atoms with E-state index in [1.54, 1.807) is 30.3 Å². The number of fused-ring (bicyclic) bond motifs is 1. The average molecular weight is 552 g/mol. The summed E-state index contributed by atoms with van der Waals surface area (Å²) in [5, 5.41) is 0. The van der Waals surface area contributed by atoms with Gasteiger partial charge >= 0.3 is 0 Å². The lowest BCUT2D eigenvalue weighted by Gasteiger charge is -2.29. The van der Waals surface area contributed by atoms with Gasteiger partial charge in [0.15, 0.2) is 0 Å². The van der Waals surface area contributed by atoms with Crippen molar-refractivity contribution in [3.63, 3.8) is 0 Å². The van der Waals surface area contributed by atoms with Gasteiger partial charge in [-0.05, 0) is 91.6 Å². The van der Waals surface area contributed by atoms with Gasteiger partial charge in [0.25, 0.3) is 0 Å². The second-order valence-electron chi connectivity index (χ2n) is 10.8. The molecule has 2 aliphatic rings. The number of aromatic nitrogens is 1. The lowest BCUT2D eigenvalue weighted by Crippen LogP contribution is -2.34. The molecule has 6 rings (SSSR count). The minimum atomic E-state index is -3.69. The zero-order chi connectivity index (χ0) is 27.7. The third kappa shape index (κ3) is 5.58. The maximum atomic E-state index is 14.0. The Balaban J connectivity index is 1.32. The molecule has 0 radical (unpaired) electrons. The third-order valence-corrected chi connectivity index (χ3v) is 9.46. The van der Waals surface area contributed by atoms with Crippen molar-refractivity contribution in [3.05, 3.63) is 125 Å². The molecule has 4 aromatic rings. The van der Waals surface area contributed by atoms with Gasteiger partial charge in [0, 0.05) is 23.3 Å². The summed E-state index contributed by atoms with van der Waals surface area (Å²) in [4.78, 5) is 20.8. The van der Waals surface area contributed by atoms with Crippen LogP contribution in [0.3, 0.4) is 0 Å². The molecule has 0 saturated heterocycles. The molecule has 1 N–H and O–H groups in total. The van der Waals surface area contributed by atoms with E-state index in [1.807, 2.05) is 60.4 Å². The van der Waals surface area contributed by atoms with Crippen molar-refractivity contribution in [2.45, 2.75) is 56.0 Å². The minimum absolute atomic E-state index is 0.0781. The maximum Gasteiger partial charge on any atom is 0.241 e. The Hall–Kier alpha value is -3.81. The maximum absolute atomic E-state index is 14.0. The van der Waals surface area contributed by atoms with Crippen LogP contribution in [-0.2, 0) is 27.8 Å². The number of nitrogens with zero attached hydrogens (tertiary/aromatic N) is 2. The number of rotatable bonds is 8. The number of sulfonamides is 1. The lowest BCUT2D eigenvalue weighted by molar-refractivity contribution is -0.120. The van der Waals surface area contributed by atoms with E-state index in [-0.39, 0.29) is 28.7 Å². The summed E-state index contributed by atoms with van der Waals surface area (Å²) in [5.41, 5.74) is 5.74. The van der Waals surface area contributed by atoms with Gasteiger partial charge in [0.2, 0.25) is 15.9 Å². The number of carbonyl (C=O) groups is 1. The van der Waals surface area contributed by atoms with Crippen LogP contribution in [-0.4, -0.2) is 19.3 Å². The van der Waals surface area contributed by atoms with Crippen molar-refractivity contribution >= 4 is 21.6 Å². The highest BCUT2D eigenvalue weighted by Gasteiger charge is 2.46. The monoisotopic (exact) mass is 551 g/mol. The summed E-state index contributed by atoms with van der Waals surface area (Å²) in [6, 6.07) is 30.3. The molecule has 3 atom stereocenters. The Kier molecular flexibility index (Phi) is 7.26. The molecule has 3 aromatic carbocycles. The summed E-state index contributed by atoms with van der Waals surface area (Å²) in [5.74, 6) is 0.203. The number of pyridine rings is 1. The van der Waals surface area contributed by atoms with E-state index in [2.05, 4.69) is 27.9 Å². The molecule has 2 aliphatic carbocycles. The van der Waals surface area contributed by atoms with Crippen LogP contribution in [0.4, 0.5) is 5.69 Å². The number of benzene rings is 3. The van der Waals surface area contributed by atoms with Gasteiger partial charge in [-0.2, -0.15) is 0 Å². The second-order valence-corrected chi connectivity index (χ2v) is 12.5. The highest BCUT2D eigenvalue weighted by atomic mass is 32.2. The van der Waals surface area contributed by atoms with Crippen LogP contribution in [0.25, 0.3) is 0 Å². The number of hydrogen-bond donors (Lipinski definition) is 1. The van der Waals surface area contributed by atoms with Crippen LogP contribution in [0.5, 0.6) is 0 Å². The van der Waals surface area contributed by atoms with Crippen molar-refractivity contribution < 1.29 is 13.2 Å². The molecule has 0 aliphatic heterocycles. The largest absolute Gasteiger partial charge is 0.306 e. The quantitative estimate of drug-likeness (QED) is 0.288. The molecule has 0 unspecified atom stereocenters. The highest BCUT2D eigenvalue weighted by molar-refractivity contribution is 7.89. The molecule has 7 heteroatoms. The molecule has 204 valence electrons. The predicted molar refractivity (Wildman–Crippen MR) is 156 cm³/mol. The smallest absolute Gasteiger partial charge is 0.241 e. The minimum Gasteiger partial charge on any atom is -0.306 e. The first-order valence-corrected chi connectivity index (χ1v) is 15.4. The number of nitrogens with one attached hydrogen (secondary N) is 1. The van der Waals surface area contributed by atoms with Gasteiger partial charge in [-0.15, -0.1) is 0 Å². The fourth-order valence-electron chi connectivity index (χ4n) is 5.81. The molecule has 1 fully saturated rings. The number of anilines is 1. The zero-order valence-corrected chi connectivity index (χ0v) is 23.3. The molecule has 1 amide bonds. The van der Waals surface area contributed by atoms with Gasteiger partial charge in [-0.1, -0.05) is 60.7 Å². The second kappa shape index (κ2) is 11.0. The fraction of sp³-hybridized carbons (Fsp3) is 0.273. The van der Waals surface area contributed by atoms with E-state index >= 15 is 0 Å². The molecular weight excluding hydrogens is 518 g/mol. The van der Waals surface area contributed by atoms with Crippen LogP contribution in [0.2, 0.25) is 0 Å². The zero-order valence-electron chi connectivity index (χ0n) is 22.5. The molecule has 40 heavy (non-hydrogen) atoms. The Morgan fingerprint density at radius 3 is 2.45 bits per heavy atom. The Labute approximate surface area is 236 Å². The number of carbonyl (C=O) groups excluding carboxylic acids is 1. The Bertz CT molecular complexity index is 1620. The van der Waals surface area contributed by atoms with Crippen molar-refractivity contribution in [2.75, 3.05) is 4.90 Å². The van der Waals surface area contributed by atoms with Gasteiger partial charge in [0.05, 0.1) is 17.1 Å². The number of amides is 1. The Morgan fingerprint density at radius 2 is 1.70 bits per heavy atom. The lowest BCUT2D eigenvalue weighted by atomic mass is 9.87. The summed E-state index contributed by atoms with van der Waals surface area (Å²) >= 11 is 0. The summed E-state index contributed by atoms with van der Waals surface area (Å²) < 4.78 is 29.3. The highest BCUT2D eigenvalue weighted by Crippen LogP contribution is 2.49. The number of aryl methyl sites for hydroxylation is 2. The van der Waals surface area contributed by atoms with Crippen molar-refractivity contribution in [1.29, 1.82) is 0 Å². The standard InChI is InChI=1S/C33H33N3O3S/c1-23-10-8-14-26(34-23)22-36(33(37)31-21-29(31)24-11-4-2-5-12-24)27-19-18-25-13-9-17-32(30(25)20-27)35-40(38,39)28-15-6-3-7-16-28/h2-8,10-12,14-16,18-20,29,31-32,35H,9,13,17,21-22H2,1H3/t29-,31+,32+/m1/s1. The topological polar surface area (TPSA) is 79.4 Å². The van der Waals surface area contributed by atoms with Crippen LogP contribution in [0.1, 0.15) is 59.3 Å². The van der Waals surface area contributed by atoms with E-state index in [0.717, 1.165) is 47.5 Å². The van der Waals surface area contributed by atoms with E-state index in [9.17, 15) is 13.2 Å². The van der Waals surface area contributed by atoms with Crippen LogP contribution >= 0.6 is 0 Å². The summed E-state index contributed by atoms with van der Waals surface area (Å²) in [7, 11) is -3.69. The molecule has 6 nitrogen and oxygen atoms in total. The van der Waals surface area contributed by atoms with E-state index < -0.39 is 10.0 Å². The van der Waals surface area contributed by atoms with Gasteiger partial charge < -0.3 is 4.90 Å². The van der Waals surface area contributed by atoms with Crippen LogP contribution in [0, 0.1) is 12.8 Å². The van der Waals surface area contributed by atoms with Gasteiger partial charge in [-0.25, -0.2) is 13.1 Å². The van der Waals surface area contributed by atoms with Crippen LogP contribution in [0.15, 0.2) is 102 Å². The normalized spacial score (nSPS) is 20.0. The first kappa shape index (κ1) is 26.4. The molecule has 1 saturated carbocycles. The summed E-state index contributed by atoms with van der Waals surface area (Å²) in [6.45, 7) is 2.31. The molecule has 1 heterocycles. The molecule has 1 aromatic heterocycles. The van der Waals surface area contributed by atoms with Crippen molar-refractivity contribution in [2.24, 2.45) is 5.92 Å². The van der Waals surface area contributed by atoms with Gasteiger partial charge in [-0.3, -0.25) is 9.78 Å². The van der Waals surface area contributed by atoms with Crippen LogP contribution < -0.4 is 9.62 Å². The molecule has 0 spiro atoms. The van der Waals surface area contributed by atoms with Crippen molar-refractivity contribution in [1.82, 2.24) is 9.71 Å². The molecule has 0 bridgehead atoms. The van der Waals surface area contributed by atoms with E-state index in [0.29, 0.717) is 13.0 Å². The third-order valence-electron chi connectivity index (χ3n) is 7.97. The first-order chi connectivity index (χ1) is 19.4. The average Bonchev–Trinajstić information content (AvgIpc) is 3.78. The Morgan fingerprint density at radius 1 is 0.950 bits per heavy atom. The van der Waals surface area contributed by atoms with Gasteiger partial charge in [0.1, 0.15) is 0 Å². The molecular formula is C33H33N3O3S. The SMILES string of the molecule is Cc1cccc(CN(C(=O)[C@H]2C[C@@H]2c2ccccc2)c2ccc3c(c2)[C@@H](NS(=O)(=O)c2ccccc2)CCC3)n1. The summed E-state index contributed by atoms with van der Waals surface area (Å²) in [6.07, 6.45) is 3.30. The fourth-order valence-corrected chi connectivity index (χ4v) is 7.09. The first-order valence-electron chi connectivity index (χ1n) is 13.9.